The second-order valence-corrected chi connectivity index (χ2v) is 5.09. The van der Waals surface area contributed by atoms with Crippen molar-refractivity contribution in [2.75, 3.05) is 0 Å². The van der Waals surface area contributed by atoms with Crippen LogP contribution in [-0.2, 0) is 6.42 Å². The van der Waals surface area contributed by atoms with E-state index in [9.17, 15) is 5.11 Å². The van der Waals surface area contributed by atoms with Gasteiger partial charge in [-0.05, 0) is 42.5 Å². The minimum absolute atomic E-state index is 0.289. The Kier molecular flexibility index (Phi) is 4.35. The van der Waals surface area contributed by atoms with Gasteiger partial charge in [-0.2, -0.15) is 0 Å². The summed E-state index contributed by atoms with van der Waals surface area (Å²) in [6.07, 6.45) is 0.0511. The molecule has 2 aromatic carbocycles. The fourth-order valence-corrected chi connectivity index (χ4v) is 2.32. The summed E-state index contributed by atoms with van der Waals surface area (Å²) in [5.41, 5.74) is 10.5. The summed E-state index contributed by atoms with van der Waals surface area (Å²) in [4.78, 5) is 0. The van der Waals surface area contributed by atoms with E-state index in [1.54, 1.807) is 0 Å². The zero-order valence-corrected chi connectivity index (χ0v) is 11.5. The fraction of sp³-hybridized carbons (Fsp3) is 0.294. The quantitative estimate of drug-likeness (QED) is 0.882. The Morgan fingerprint density at radius 1 is 1.00 bits per heavy atom. The summed E-state index contributed by atoms with van der Waals surface area (Å²) in [7, 11) is 0. The summed E-state index contributed by atoms with van der Waals surface area (Å²) in [6.45, 7) is 4.08. The number of benzene rings is 2. The number of rotatable bonds is 4. The van der Waals surface area contributed by atoms with Crippen LogP contribution >= 0.6 is 0 Å². The SMILES string of the molecule is Cc1cccc(C(O)C(N)Cc2ccccc2)c1C. The number of aryl methyl sites for hydroxylation is 1. The molecule has 0 bridgehead atoms. The van der Waals surface area contributed by atoms with Gasteiger partial charge in [0.1, 0.15) is 0 Å². The first kappa shape index (κ1) is 13.8. The molecule has 0 aliphatic heterocycles. The van der Waals surface area contributed by atoms with E-state index in [2.05, 4.69) is 0 Å². The third-order valence-electron chi connectivity index (χ3n) is 3.68. The first-order chi connectivity index (χ1) is 9.09. The third kappa shape index (κ3) is 3.22. The van der Waals surface area contributed by atoms with Crippen molar-refractivity contribution >= 4 is 0 Å². The van der Waals surface area contributed by atoms with Crippen LogP contribution in [0.1, 0.15) is 28.4 Å². The first-order valence-corrected chi connectivity index (χ1v) is 6.63. The minimum Gasteiger partial charge on any atom is -0.387 e. The molecule has 0 spiro atoms. The molecule has 0 saturated heterocycles. The third-order valence-corrected chi connectivity index (χ3v) is 3.68. The number of nitrogens with two attached hydrogens (primary N) is 1. The predicted molar refractivity (Wildman–Crippen MR) is 79.0 cm³/mol. The van der Waals surface area contributed by atoms with Crippen molar-refractivity contribution < 1.29 is 5.11 Å². The smallest absolute Gasteiger partial charge is 0.0946 e. The standard InChI is InChI=1S/C17H21NO/c1-12-7-6-10-15(13(12)2)17(19)16(18)11-14-8-4-3-5-9-14/h3-10,16-17,19H,11,18H2,1-2H3. The van der Waals surface area contributed by atoms with Crippen molar-refractivity contribution in [3.05, 3.63) is 70.8 Å². The van der Waals surface area contributed by atoms with Gasteiger partial charge in [-0.1, -0.05) is 48.5 Å². The molecule has 0 aromatic heterocycles. The first-order valence-electron chi connectivity index (χ1n) is 6.63. The monoisotopic (exact) mass is 255 g/mol. The number of aliphatic hydroxyl groups excluding tert-OH is 1. The average molecular weight is 255 g/mol. The molecule has 2 unspecified atom stereocenters. The van der Waals surface area contributed by atoms with Crippen LogP contribution in [0.25, 0.3) is 0 Å². The van der Waals surface area contributed by atoms with Gasteiger partial charge in [0.15, 0.2) is 0 Å². The lowest BCUT2D eigenvalue weighted by Crippen LogP contribution is -2.31. The molecular weight excluding hydrogens is 234 g/mol. The van der Waals surface area contributed by atoms with Crippen molar-refractivity contribution in [2.24, 2.45) is 5.73 Å². The van der Waals surface area contributed by atoms with Crippen molar-refractivity contribution in [3.63, 3.8) is 0 Å². The van der Waals surface area contributed by atoms with Crippen LogP contribution in [-0.4, -0.2) is 11.1 Å². The lowest BCUT2D eigenvalue weighted by Gasteiger charge is -2.21. The Hall–Kier alpha value is -1.64. The molecule has 0 amide bonds. The van der Waals surface area contributed by atoms with Gasteiger partial charge in [-0.25, -0.2) is 0 Å². The zero-order valence-electron chi connectivity index (χ0n) is 11.5. The molecule has 3 N–H and O–H groups in total. The Bertz CT molecular complexity index is 536. The summed E-state index contributed by atoms with van der Waals surface area (Å²) >= 11 is 0. The van der Waals surface area contributed by atoms with E-state index < -0.39 is 6.10 Å². The maximum absolute atomic E-state index is 10.4. The molecule has 0 aliphatic rings. The van der Waals surface area contributed by atoms with E-state index in [4.69, 9.17) is 5.73 Å². The molecule has 2 nitrogen and oxygen atoms in total. The molecule has 0 radical (unpaired) electrons. The molecule has 2 atom stereocenters. The highest BCUT2D eigenvalue weighted by Crippen LogP contribution is 2.23. The van der Waals surface area contributed by atoms with Gasteiger partial charge in [0.25, 0.3) is 0 Å². The Balaban J connectivity index is 2.15. The van der Waals surface area contributed by atoms with E-state index in [1.807, 2.05) is 62.4 Å². The van der Waals surface area contributed by atoms with Crippen LogP contribution in [0.15, 0.2) is 48.5 Å². The summed E-state index contributed by atoms with van der Waals surface area (Å²) in [5.74, 6) is 0. The number of hydrogen-bond acceptors (Lipinski definition) is 2. The van der Waals surface area contributed by atoms with E-state index in [1.165, 1.54) is 5.56 Å². The summed E-state index contributed by atoms with van der Waals surface area (Å²) < 4.78 is 0. The van der Waals surface area contributed by atoms with Crippen molar-refractivity contribution in [2.45, 2.75) is 32.4 Å². The van der Waals surface area contributed by atoms with Crippen LogP contribution in [0.2, 0.25) is 0 Å². The van der Waals surface area contributed by atoms with Gasteiger partial charge in [0, 0.05) is 6.04 Å². The Labute approximate surface area is 114 Å². The summed E-state index contributed by atoms with van der Waals surface area (Å²) in [5, 5.41) is 10.4. The fourth-order valence-electron chi connectivity index (χ4n) is 2.32. The van der Waals surface area contributed by atoms with Gasteiger partial charge in [0.2, 0.25) is 0 Å². The van der Waals surface area contributed by atoms with Crippen molar-refractivity contribution in [1.82, 2.24) is 0 Å². The molecule has 2 rings (SSSR count). The molecule has 2 aromatic rings. The molecule has 0 heterocycles. The van der Waals surface area contributed by atoms with Crippen LogP contribution in [0.3, 0.4) is 0 Å². The van der Waals surface area contributed by atoms with Crippen LogP contribution in [0.5, 0.6) is 0 Å². The van der Waals surface area contributed by atoms with Gasteiger partial charge in [0.05, 0.1) is 6.10 Å². The maximum Gasteiger partial charge on any atom is 0.0946 e. The highest BCUT2D eigenvalue weighted by Gasteiger charge is 2.19. The van der Waals surface area contributed by atoms with Crippen molar-refractivity contribution in [1.29, 1.82) is 0 Å². The maximum atomic E-state index is 10.4. The average Bonchev–Trinajstić information content (AvgIpc) is 2.42. The van der Waals surface area contributed by atoms with E-state index in [-0.39, 0.29) is 6.04 Å². The second kappa shape index (κ2) is 6.00. The largest absolute Gasteiger partial charge is 0.387 e. The zero-order chi connectivity index (χ0) is 13.8. The molecule has 0 fully saturated rings. The van der Waals surface area contributed by atoms with Gasteiger partial charge >= 0.3 is 0 Å². The van der Waals surface area contributed by atoms with Gasteiger partial charge in [-0.3, -0.25) is 0 Å². The van der Waals surface area contributed by atoms with Crippen molar-refractivity contribution in [3.8, 4) is 0 Å². The Morgan fingerprint density at radius 2 is 1.68 bits per heavy atom. The molecule has 0 aliphatic carbocycles. The molecule has 2 heteroatoms. The normalized spacial score (nSPS) is 14.1. The lowest BCUT2D eigenvalue weighted by molar-refractivity contribution is 0.145. The van der Waals surface area contributed by atoms with Gasteiger partial charge in [-0.15, -0.1) is 0 Å². The summed E-state index contributed by atoms with van der Waals surface area (Å²) in [6, 6.07) is 15.7. The number of aliphatic hydroxyl groups is 1. The Morgan fingerprint density at radius 3 is 2.37 bits per heavy atom. The predicted octanol–water partition coefficient (Wildman–Crippen LogP) is 2.91. The number of hydrogen-bond donors (Lipinski definition) is 2. The molecule has 0 saturated carbocycles. The van der Waals surface area contributed by atoms with E-state index in [0.717, 1.165) is 16.7 Å². The van der Waals surface area contributed by atoms with Crippen LogP contribution in [0, 0.1) is 13.8 Å². The van der Waals surface area contributed by atoms with Gasteiger partial charge < -0.3 is 10.8 Å². The lowest BCUT2D eigenvalue weighted by atomic mass is 9.92. The minimum atomic E-state index is -0.625. The molecular formula is C17H21NO. The van der Waals surface area contributed by atoms with Crippen LogP contribution < -0.4 is 5.73 Å². The van der Waals surface area contributed by atoms with E-state index in [0.29, 0.717) is 6.42 Å². The second-order valence-electron chi connectivity index (χ2n) is 5.09. The van der Waals surface area contributed by atoms with E-state index >= 15 is 0 Å². The topological polar surface area (TPSA) is 46.2 Å². The van der Waals surface area contributed by atoms with Crippen LogP contribution in [0.4, 0.5) is 0 Å². The highest BCUT2D eigenvalue weighted by atomic mass is 16.3. The molecule has 19 heavy (non-hydrogen) atoms. The molecule has 100 valence electrons. The highest BCUT2D eigenvalue weighted by molar-refractivity contribution is 5.35.